The number of hydrogen-bond donors (Lipinski definition) is 2. The molecule has 0 heterocycles. The van der Waals surface area contributed by atoms with Crippen LogP contribution in [-0.2, 0) is 14.3 Å². The summed E-state index contributed by atoms with van der Waals surface area (Å²) in [6.07, 6.45) is -1.42. The molecular formula is C22H19NO4S. The summed E-state index contributed by atoms with van der Waals surface area (Å²) < 4.78 is 4.94. The second-order valence-corrected chi connectivity index (χ2v) is 7.00. The first kappa shape index (κ1) is 19.7. The van der Waals surface area contributed by atoms with Crippen LogP contribution in [0, 0.1) is 0 Å². The van der Waals surface area contributed by atoms with Crippen LogP contribution in [0.4, 0.5) is 5.69 Å². The lowest BCUT2D eigenvalue weighted by Crippen LogP contribution is -2.24. The number of para-hydroxylation sites is 1. The fourth-order valence-corrected chi connectivity index (χ4v) is 3.37. The summed E-state index contributed by atoms with van der Waals surface area (Å²) in [5, 5.41) is 12.7. The average Bonchev–Trinajstić information content (AvgIpc) is 2.74. The zero-order valence-corrected chi connectivity index (χ0v) is 15.8. The van der Waals surface area contributed by atoms with Crippen LogP contribution >= 0.6 is 11.8 Å². The number of ether oxygens (including phenoxy) is 1. The molecule has 3 rings (SSSR count). The molecule has 3 aromatic carbocycles. The molecule has 6 heteroatoms. The van der Waals surface area contributed by atoms with Gasteiger partial charge < -0.3 is 15.2 Å². The monoisotopic (exact) mass is 393 g/mol. The molecule has 1 atom stereocenters. The zero-order valence-electron chi connectivity index (χ0n) is 14.9. The smallest absolute Gasteiger partial charge is 0.340 e. The van der Waals surface area contributed by atoms with Crippen LogP contribution in [0.25, 0.3) is 0 Å². The molecule has 0 aromatic heterocycles. The van der Waals surface area contributed by atoms with Gasteiger partial charge in [-0.15, -0.1) is 0 Å². The predicted octanol–water partition coefficient (Wildman–Crippen LogP) is 4.05. The molecule has 3 aromatic rings. The highest BCUT2D eigenvalue weighted by molar-refractivity contribution is 7.99. The van der Waals surface area contributed by atoms with E-state index in [0.717, 1.165) is 9.79 Å². The van der Waals surface area contributed by atoms with E-state index in [9.17, 15) is 14.7 Å². The van der Waals surface area contributed by atoms with Crippen molar-refractivity contribution in [3.8, 4) is 0 Å². The normalized spacial score (nSPS) is 11.5. The lowest BCUT2D eigenvalue weighted by atomic mass is 10.1. The standard InChI is InChI=1S/C22H19NO4S/c24-20(15-27-22(26)21(25)16-9-3-1-4-10-16)23-18-13-7-8-14-19(18)28-17-11-5-2-6-12-17/h1-14,21,25H,15H2,(H,23,24)/t21-/m0/s1. The lowest BCUT2D eigenvalue weighted by molar-refractivity contribution is -0.156. The van der Waals surface area contributed by atoms with Gasteiger partial charge in [0, 0.05) is 9.79 Å². The van der Waals surface area contributed by atoms with Crippen LogP contribution in [0.3, 0.4) is 0 Å². The minimum atomic E-state index is -1.42. The van der Waals surface area contributed by atoms with Gasteiger partial charge in [-0.05, 0) is 29.8 Å². The first-order chi connectivity index (χ1) is 13.6. The first-order valence-corrected chi connectivity index (χ1v) is 9.46. The van der Waals surface area contributed by atoms with E-state index in [4.69, 9.17) is 4.74 Å². The van der Waals surface area contributed by atoms with Crippen molar-refractivity contribution in [3.05, 3.63) is 90.5 Å². The number of aliphatic hydroxyl groups excluding tert-OH is 1. The maximum Gasteiger partial charge on any atom is 0.340 e. The SMILES string of the molecule is O=C(COC(=O)[C@@H](O)c1ccccc1)Nc1ccccc1Sc1ccccc1. The second-order valence-electron chi connectivity index (χ2n) is 5.88. The Morgan fingerprint density at radius 2 is 1.50 bits per heavy atom. The van der Waals surface area contributed by atoms with Gasteiger partial charge in [0.2, 0.25) is 0 Å². The number of carbonyl (C=O) groups excluding carboxylic acids is 2. The third-order valence-corrected chi connectivity index (χ3v) is 4.90. The fourth-order valence-electron chi connectivity index (χ4n) is 2.45. The van der Waals surface area contributed by atoms with E-state index < -0.39 is 24.6 Å². The fraction of sp³-hybridized carbons (Fsp3) is 0.0909. The summed E-state index contributed by atoms with van der Waals surface area (Å²) in [7, 11) is 0. The van der Waals surface area contributed by atoms with Crippen LogP contribution in [0.2, 0.25) is 0 Å². The maximum atomic E-state index is 12.2. The highest BCUT2D eigenvalue weighted by Gasteiger charge is 2.20. The minimum Gasteiger partial charge on any atom is -0.453 e. The number of anilines is 1. The number of carbonyl (C=O) groups is 2. The van der Waals surface area contributed by atoms with E-state index in [1.807, 2.05) is 48.5 Å². The molecule has 28 heavy (non-hydrogen) atoms. The molecule has 142 valence electrons. The molecule has 0 bridgehead atoms. The number of benzene rings is 3. The third-order valence-electron chi connectivity index (χ3n) is 3.82. The van der Waals surface area contributed by atoms with E-state index >= 15 is 0 Å². The second kappa shape index (κ2) is 9.73. The molecule has 5 nitrogen and oxygen atoms in total. The largest absolute Gasteiger partial charge is 0.453 e. The summed E-state index contributed by atoms with van der Waals surface area (Å²) in [6, 6.07) is 25.6. The molecule has 0 saturated carbocycles. The third kappa shape index (κ3) is 5.45. The van der Waals surface area contributed by atoms with Crippen molar-refractivity contribution in [1.29, 1.82) is 0 Å². The van der Waals surface area contributed by atoms with Crippen molar-refractivity contribution in [3.63, 3.8) is 0 Å². The lowest BCUT2D eigenvalue weighted by Gasteiger charge is -2.13. The molecular weight excluding hydrogens is 374 g/mol. The van der Waals surface area contributed by atoms with Crippen molar-refractivity contribution in [2.24, 2.45) is 0 Å². The van der Waals surface area contributed by atoms with Crippen LogP contribution in [0.1, 0.15) is 11.7 Å². The van der Waals surface area contributed by atoms with E-state index in [1.165, 1.54) is 11.8 Å². The molecule has 0 aliphatic heterocycles. The van der Waals surface area contributed by atoms with Crippen LogP contribution < -0.4 is 5.32 Å². The van der Waals surface area contributed by atoms with Gasteiger partial charge in [-0.25, -0.2) is 4.79 Å². The summed E-state index contributed by atoms with van der Waals surface area (Å²) in [5.41, 5.74) is 1.04. The molecule has 2 N–H and O–H groups in total. The van der Waals surface area contributed by atoms with Crippen LogP contribution in [0.15, 0.2) is 94.7 Å². The number of hydrogen-bond acceptors (Lipinski definition) is 5. The Kier molecular flexibility index (Phi) is 6.84. The molecule has 0 saturated heterocycles. The van der Waals surface area contributed by atoms with E-state index in [0.29, 0.717) is 11.3 Å². The van der Waals surface area contributed by atoms with Crippen molar-refractivity contribution < 1.29 is 19.4 Å². The van der Waals surface area contributed by atoms with Crippen LogP contribution in [-0.4, -0.2) is 23.6 Å². The molecule has 0 aliphatic carbocycles. The van der Waals surface area contributed by atoms with Crippen molar-refractivity contribution >= 4 is 29.3 Å². The summed E-state index contributed by atoms with van der Waals surface area (Å²) in [6.45, 7) is -0.479. The first-order valence-electron chi connectivity index (χ1n) is 8.65. The molecule has 0 unspecified atom stereocenters. The van der Waals surface area contributed by atoms with Gasteiger partial charge in [0.1, 0.15) is 0 Å². The molecule has 1 amide bonds. The maximum absolute atomic E-state index is 12.2. The highest BCUT2D eigenvalue weighted by Crippen LogP contribution is 2.33. The Morgan fingerprint density at radius 1 is 0.893 bits per heavy atom. The number of esters is 1. The van der Waals surface area contributed by atoms with E-state index in [1.54, 1.807) is 36.4 Å². The van der Waals surface area contributed by atoms with Crippen molar-refractivity contribution in [2.45, 2.75) is 15.9 Å². The van der Waals surface area contributed by atoms with Gasteiger partial charge >= 0.3 is 5.97 Å². The zero-order chi connectivity index (χ0) is 19.8. The molecule has 0 aliphatic rings. The summed E-state index contributed by atoms with van der Waals surface area (Å²) >= 11 is 1.52. The van der Waals surface area contributed by atoms with Gasteiger partial charge in [0.15, 0.2) is 12.7 Å². The molecule has 0 spiro atoms. The Balaban J connectivity index is 1.57. The van der Waals surface area contributed by atoms with E-state index in [-0.39, 0.29) is 0 Å². The molecule has 0 radical (unpaired) electrons. The summed E-state index contributed by atoms with van der Waals surface area (Å²) in [4.78, 5) is 26.1. The minimum absolute atomic E-state index is 0.414. The van der Waals surface area contributed by atoms with Gasteiger partial charge in [-0.3, -0.25) is 4.79 Å². The Bertz CT molecular complexity index is 932. The number of amides is 1. The van der Waals surface area contributed by atoms with Crippen LogP contribution in [0.5, 0.6) is 0 Å². The van der Waals surface area contributed by atoms with Crippen molar-refractivity contribution in [2.75, 3.05) is 11.9 Å². The Hall–Kier alpha value is -3.09. The highest BCUT2D eigenvalue weighted by atomic mass is 32.2. The van der Waals surface area contributed by atoms with Gasteiger partial charge in [0.25, 0.3) is 5.91 Å². The van der Waals surface area contributed by atoms with Crippen molar-refractivity contribution in [1.82, 2.24) is 0 Å². The predicted molar refractivity (Wildman–Crippen MR) is 108 cm³/mol. The summed E-state index contributed by atoms with van der Waals surface area (Å²) in [5.74, 6) is -1.34. The topological polar surface area (TPSA) is 75.6 Å². The van der Waals surface area contributed by atoms with Gasteiger partial charge in [0.05, 0.1) is 5.69 Å². The Morgan fingerprint density at radius 3 is 2.21 bits per heavy atom. The molecule has 0 fully saturated rings. The quantitative estimate of drug-likeness (QED) is 0.592. The number of rotatable bonds is 7. The van der Waals surface area contributed by atoms with Gasteiger partial charge in [-0.2, -0.15) is 0 Å². The van der Waals surface area contributed by atoms with E-state index in [2.05, 4.69) is 5.32 Å². The van der Waals surface area contributed by atoms with Gasteiger partial charge in [-0.1, -0.05) is 72.4 Å². The number of nitrogens with one attached hydrogen (secondary N) is 1. The number of aliphatic hydroxyl groups is 1. The average molecular weight is 393 g/mol. The Labute approximate surface area is 167 Å².